The first kappa shape index (κ1) is 10.4. The van der Waals surface area contributed by atoms with Gasteiger partial charge < -0.3 is 9.72 Å². The lowest BCUT2D eigenvalue weighted by Crippen LogP contribution is -2.14. The highest BCUT2D eigenvalue weighted by atomic mass is 16.1. The van der Waals surface area contributed by atoms with Crippen molar-refractivity contribution >= 4 is 17.2 Å². The summed E-state index contributed by atoms with van der Waals surface area (Å²) in [5, 5.41) is 2.76. The minimum Gasteiger partial charge on any atom is -0.317 e. The third kappa shape index (κ3) is 1.80. The molecule has 0 fully saturated rings. The van der Waals surface area contributed by atoms with Crippen molar-refractivity contribution in [2.24, 2.45) is 0 Å². The molecule has 3 aromatic heterocycles. The highest BCUT2D eigenvalue weighted by Crippen LogP contribution is 2.14. The van der Waals surface area contributed by atoms with Gasteiger partial charge in [0.15, 0.2) is 5.65 Å². The maximum Gasteiger partial charge on any atom is 0.275 e. The summed E-state index contributed by atoms with van der Waals surface area (Å²) >= 11 is 0. The number of amides is 1. The molecule has 3 aromatic rings. The summed E-state index contributed by atoms with van der Waals surface area (Å²) in [6.45, 7) is 0. The van der Waals surface area contributed by atoms with Crippen LogP contribution in [0.2, 0.25) is 0 Å². The minimum atomic E-state index is -0.306. The third-order valence-electron chi connectivity index (χ3n) is 2.46. The summed E-state index contributed by atoms with van der Waals surface area (Å²) in [5.74, 6) is -0.306. The predicted octanol–water partition coefficient (Wildman–Crippen LogP) is 1.38. The van der Waals surface area contributed by atoms with Gasteiger partial charge in [0.25, 0.3) is 5.91 Å². The zero-order valence-electron chi connectivity index (χ0n) is 9.32. The van der Waals surface area contributed by atoms with Gasteiger partial charge in [-0.1, -0.05) is 0 Å². The maximum atomic E-state index is 11.9. The molecule has 0 aliphatic carbocycles. The molecule has 0 aromatic carbocycles. The van der Waals surface area contributed by atoms with E-state index in [1.807, 2.05) is 22.9 Å². The van der Waals surface area contributed by atoms with Gasteiger partial charge in [0.05, 0.1) is 11.9 Å². The number of pyridine rings is 1. The topological polar surface area (TPSA) is 72.2 Å². The van der Waals surface area contributed by atoms with E-state index in [0.29, 0.717) is 11.3 Å². The number of nitrogens with zero attached hydrogens (tertiary/aromatic N) is 4. The van der Waals surface area contributed by atoms with Crippen molar-refractivity contribution in [2.45, 2.75) is 0 Å². The van der Waals surface area contributed by atoms with Crippen LogP contribution in [0.4, 0.5) is 5.69 Å². The molecule has 1 amide bonds. The van der Waals surface area contributed by atoms with Crippen LogP contribution in [0, 0.1) is 0 Å². The molecule has 0 radical (unpaired) electrons. The zero-order valence-corrected chi connectivity index (χ0v) is 9.32. The van der Waals surface area contributed by atoms with Gasteiger partial charge in [-0.05, 0) is 12.1 Å². The fraction of sp³-hybridized carbons (Fsp3) is 0. The first-order valence-electron chi connectivity index (χ1n) is 5.33. The quantitative estimate of drug-likeness (QED) is 0.733. The van der Waals surface area contributed by atoms with E-state index in [1.165, 1.54) is 18.6 Å². The molecular weight excluding hydrogens is 230 g/mol. The number of hydrogen-bond donors (Lipinski definition) is 1. The van der Waals surface area contributed by atoms with E-state index < -0.39 is 0 Å². The second-order valence-electron chi connectivity index (χ2n) is 3.62. The molecule has 0 bridgehead atoms. The SMILES string of the molecule is O=C(Nc1cccn2ccnc12)c1cnccn1. The second-order valence-corrected chi connectivity index (χ2v) is 3.62. The Balaban J connectivity index is 1.93. The Labute approximate surface area is 102 Å². The summed E-state index contributed by atoms with van der Waals surface area (Å²) in [6.07, 6.45) is 9.76. The Morgan fingerprint density at radius 3 is 2.94 bits per heavy atom. The number of hydrogen-bond acceptors (Lipinski definition) is 4. The van der Waals surface area contributed by atoms with E-state index in [0.717, 1.165) is 0 Å². The van der Waals surface area contributed by atoms with Crippen LogP contribution in [0.1, 0.15) is 10.5 Å². The van der Waals surface area contributed by atoms with Crippen LogP contribution >= 0.6 is 0 Å². The standard InChI is InChI=1S/C12H9N5O/c18-12(10-8-13-3-4-14-10)16-9-2-1-6-17-7-5-15-11(9)17/h1-8H,(H,16,18). The van der Waals surface area contributed by atoms with Crippen LogP contribution in [-0.4, -0.2) is 25.3 Å². The van der Waals surface area contributed by atoms with Crippen molar-refractivity contribution in [3.8, 4) is 0 Å². The van der Waals surface area contributed by atoms with E-state index in [9.17, 15) is 4.79 Å². The van der Waals surface area contributed by atoms with E-state index in [1.54, 1.807) is 12.3 Å². The number of rotatable bonds is 2. The van der Waals surface area contributed by atoms with E-state index in [4.69, 9.17) is 0 Å². The van der Waals surface area contributed by atoms with Crippen LogP contribution < -0.4 is 5.32 Å². The normalized spacial score (nSPS) is 10.4. The molecule has 3 heterocycles. The molecule has 18 heavy (non-hydrogen) atoms. The van der Waals surface area contributed by atoms with Crippen LogP contribution in [-0.2, 0) is 0 Å². The Bertz CT molecular complexity index is 692. The Kier molecular flexibility index (Phi) is 2.45. The van der Waals surface area contributed by atoms with Gasteiger partial charge in [-0.3, -0.25) is 9.78 Å². The lowest BCUT2D eigenvalue weighted by atomic mass is 10.3. The van der Waals surface area contributed by atoms with Gasteiger partial charge in [0, 0.05) is 31.0 Å². The van der Waals surface area contributed by atoms with Gasteiger partial charge in [0.2, 0.25) is 0 Å². The molecule has 0 saturated heterocycles. The van der Waals surface area contributed by atoms with Gasteiger partial charge in [-0.2, -0.15) is 0 Å². The number of aromatic nitrogens is 4. The van der Waals surface area contributed by atoms with E-state index in [2.05, 4.69) is 20.3 Å². The molecule has 0 aliphatic rings. The first-order chi connectivity index (χ1) is 8.84. The van der Waals surface area contributed by atoms with Gasteiger partial charge >= 0.3 is 0 Å². The molecule has 6 nitrogen and oxygen atoms in total. The van der Waals surface area contributed by atoms with Crippen molar-refractivity contribution in [3.63, 3.8) is 0 Å². The molecule has 0 spiro atoms. The third-order valence-corrected chi connectivity index (χ3v) is 2.46. The molecule has 6 heteroatoms. The van der Waals surface area contributed by atoms with Crippen LogP contribution in [0.25, 0.3) is 5.65 Å². The summed E-state index contributed by atoms with van der Waals surface area (Å²) in [4.78, 5) is 23.9. The van der Waals surface area contributed by atoms with Gasteiger partial charge in [-0.25, -0.2) is 9.97 Å². The number of carbonyl (C=O) groups is 1. The monoisotopic (exact) mass is 239 g/mol. The number of fused-ring (bicyclic) bond motifs is 1. The lowest BCUT2D eigenvalue weighted by molar-refractivity contribution is 0.102. The number of imidazole rings is 1. The molecule has 0 unspecified atom stereocenters. The van der Waals surface area contributed by atoms with Gasteiger partial charge in [-0.15, -0.1) is 0 Å². The average Bonchev–Trinajstić information content (AvgIpc) is 2.89. The van der Waals surface area contributed by atoms with Gasteiger partial charge in [0.1, 0.15) is 5.69 Å². The highest BCUT2D eigenvalue weighted by Gasteiger charge is 2.09. The van der Waals surface area contributed by atoms with Crippen LogP contribution in [0.5, 0.6) is 0 Å². The molecule has 0 saturated carbocycles. The summed E-state index contributed by atoms with van der Waals surface area (Å²) < 4.78 is 1.83. The summed E-state index contributed by atoms with van der Waals surface area (Å²) in [5.41, 5.74) is 1.60. The molecule has 0 aliphatic heterocycles. The van der Waals surface area contributed by atoms with E-state index in [-0.39, 0.29) is 11.6 Å². The first-order valence-corrected chi connectivity index (χ1v) is 5.33. The summed E-state index contributed by atoms with van der Waals surface area (Å²) in [6, 6.07) is 3.62. The van der Waals surface area contributed by atoms with Crippen LogP contribution in [0.3, 0.4) is 0 Å². The molecule has 88 valence electrons. The average molecular weight is 239 g/mol. The van der Waals surface area contributed by atoms with Crippen molar-refractivity contribution in [1.82, 2.24) is 19.4 Å². The molecule has 0 atom stereocenters. The highest BCUT2D eigenvalue weighted by molar-refractivity contribution is 6.04. The second kappa shape index (κ2) is 4.25. The van der Waals surface area contributed by atoms with Crippen LogP contribution in [0.15, 0.2) is 49.3 Å². The van der Waals surface area contributed by atoms with Crippen molar-refractivity contribution in [1.29, 1.82) is 0 Å². The number of carbonyl (C=O) groups excluding carboxylic acids is 1. The molecule has 3 rings (SSSR count). The van der Waals surface area contributed by atoms with Crippen molar-refractivity contribution in [2.75, 3.05) is 5.32 Å². The number of anilines is 1. The van der Waals surface area contributed by atoms with E-state index >= 15 is 0 Å². The number of nitrogens with one attached hydrogen (secondary N) is 1. The lowest BCUT2D eigenvalue weighted by Gasteiger charge is -2.05. The Morgan fingerprint density at radius 1 is 1.17 bits per heavy atom. The summed E-state index contributed by atoms with van der Waals surface area (Å²) in [7, 11) is 0. The minimum absolute atomic E-state index is 0.269. The largest absolute Gasteiger partial charge is 0.317 e. The fourth-order valence-electron chi connectivity index (χ4n) is 1.65. The van der Waals surface area contributed by atoms with Crippen molar-refractivity contribution < 1.29 is 4.79 Å². The van der Waals surface area contributed by atoms with Crippen molar-refractivity contribution in [3.05, 3.63) is 55.0 Å². The fourth-order valence-corrected chi connectivity index (χ4v) is 1.65. The predicted molar refractivity (Wildman–Crippen MR) is 65.2 cm³/mol. The Hall–Kier alpha value is -2.76. The molecule has 1 N–H and O–H groups in total. The zero-order chi connectivity index (χ0) is 12.4. The molecular formula is C12H9N5O. The maximum absolute atomic E-state index is 11.9. The Morgan fingerprint density at radius 2 is 2.11 bits per heavy atom. The smallest absolute Gasteiger partial charge is 0.275 e.